The highest BCUT2D eigenvalue weighted by molar-refractivity contribution is 7.89. The first-order chi connectivity index (χ1) is 8.71. The third kappa shape index (κ3) is 3.28. The third-order valence-corrected chi connectivity index (χ3v) is 4.80. The molecule has 110 valence electrons. The van der Waals surface area contributed by atoms with Gasteiger partial charge >= 0.3 is 0 Å². The number of halogens is 2. The molecule has 9 heteroatoms. The van der Waals surface area contributed by atoms with Gasteiger partial charge in [-0.1, -0.05) is 0 Å². The Labute approximate surface area is 111 Å². The van der Waals surface area contributed by atoms with Crippen LogP contribution in [0.25, 0.3) is 0 Å². The molecule has 0 amide bonds. The number of aromatic nitrogens is 2. The summed E-state index contributed by atoms with van der Waals surface area (Å²) >= 11 is 0. The fourth-order valence-corrected chi connectivity index (χ4v) is 3.36. The standard InChI is InChI=1S/C10H18F2N4O2S/c1-7-10(8(2)16(14-7)5-4-13)19(17,18)15(3)6-9(11)12/h9H,4-6,13H2,1-3H3. The van der Waals surface area contributed by atoms with Crippen LogP contribution >= 0.6 is 0 Å². The maximum atomic E-state index is 12.3. The lowest BCUT2D eigenvalue weighted by Crippen LogP contribution is -2.32. The molecule has 1 heterocycles. The fraction of sp³-hybridized carbons (Fsp3) is 0.700. The van der Waals surface area contributed by atoms with E-state index in [0.717, 1.165) is 7.05 Å². The fourth-order valence-electron chi connectivity index (χ4n) is 1.84. The largest absolute Gasteiger partial charge is 0.329 e. The average Bonchev–Trinajstić information content (AvgIpc) is 2.54. The predicted octanol–water partition coefficient (Wildman–Crippen LogP) is 0.344. The number of nitrogens with two attached hydrogens (primary N) is 1. The van der Waals surface area contributed by atoms with Gasteiger partial charge in [-0.2, -0.15) is 9.40 Å². The number of hydrogen-bond donors (Lipinski definition) is 1. The Kier molecular flexibility index (Phi) is 4.99. The molecule has 1 aromatic heterocycles. The van der Waals surface area contributed by atoms with Crippen molar-refractivity contribution < 1.29 is 17.2 Å². The highest BCUT2D eigenvalue weighted by Gasteiger charge is 2.29. The minimum absolute atomic E-state index is 0.0240. The van der Waals surface area contributed by atoms with Crippen molar-refractivity contribution in [1.29, 1.82) is 0 Å². The van der Waals surface area contributed by atoms with Crippen molar-refractivity contribution >= 4 is 10.0 Å². The first-order valence-corrected chi connectivity index (χ1v) is 7.14. The number of sulfonamides is 1. The third-order valence-electron chi connectivity index (χ3n) is 2.72. The first kappa shape index (κ1) is 16.0. The van der Waals surface area contributed by atoms with Crippen molar-refractivity contribution in [2.24, 2.45) is 5.73 Å². The first-order valence-electron chi connectivity index (χ1n) is 5.70. The number of nitrogens with zero attached hydrogens (tertiary/aromatic N) is 3. The minimum atomic E-state index is -3.96. The lowest BCUT2D eigenvalue weighted by Gasteiger charge is -2.16. The van der Waals surface area contributed by atoms with E-state index < -0.39 is 23.0 Å². The molecule has 0 aliphatic rings. The van der Waals surface area contributed by atoms with Gasteiger partial charge in [0.1, 0.15) is 4.90 Å². The Balaban J connectivity index is 3.21. The van der Waals surface area contributed by atoms with Crippen molar-refractivity contribution in [3.63, 3.8) is 0 Å². The highest BCUT2D eigenvalue weighted by Crippen LogP contribution is 2.23. The van der Waals surface area contributed by atoms with Gasteiger partial charge in [-0.25, -0.2) is 17.2 Å². The van der Waals surface area contributed by atoms with Crippen molar-refractivity contribution in [2.45, 2.75) is 31.7 Å². The molecule has 6 nitrogen and oxygen atoms in total. The van der Waals surface area contributed by atoms with Gasteiger partial charge in [-0.15, -0.1) is 0 Å². The molecular weight excluding hydrogens is 278 g/mol. The van der Waals surface area contributed by atoms with Gasteiger partial charge in [-0.05, 0) is 13.8 Å². The summed E-state index contributed by atoms with van der Waals surface area (Å²) in [5, 5.41) is 4.07. The highest BCUT2D eigenvalue weighted by atomic mass is 32.2. The minimum Gasteiger partial charge on any atom is -0.329 e. The topological polar surface area (TPSA) is 81.2 Å². The molecule has 2 N–H and O–H groups in total. The van der Waals surface area contributed by atoms with Gasteiger partial charge in [-0.3, -0.25) is 4.68 Å². The summed E-state index contributed by atoms with van der Waals surface area (Å²) in [5.74, 6) is 0. The van der Waals surface area contributed by atoms with Crippen LogP contribution in [0.3, 0.4) is 0 Å². The Morgan fingerprint density at radius 3 is 2.47 bits per heavy atom. The van der Waals surface area contributed by atoms with E-state index in [-0.39, 0.29) is 10.6 Å². The predicted molar refractivity (Wildman–Crippen MR) is 66.6 cm³/mol. The average molecular weight is 296 g/mol. The molecule has 0 aromatic carbocycles. The summed E-state index contributed by atoms with van der Waals surface area (Å²) in [4.78, 5) is -0.0240. The summed E-state index contributed by atoms with van der Waals surface area (Å²) in [6.45, 7) is 2.96. The summed E-state index contributed by atoms with van der Waals surface area (Å²) in [5.41, 5.74) is 6.09. The molecule has 1 aromatic rings. The lowest BCUT2D eigenvalue weighted by atomic mass is 10.4. The molecule has 0 aliphatic heterocycles. The molecule has 0 saturated carbocycles. The van der Waals surface area contributed by atoms with Crippen LogP contribution in [0.2, 0.25) is 0 Å². The van der Waals surface area contributed by atoms with Crippen LogP contribution in [0.4, 0.5) is 8.78 Å². The summed E-state index contributed by atoms with van der Waals surface area (Å²) in [7, 11) is -2.84. The van der Waals surface area contributed by atoms with E-state index >= 15 is 0 Å². The molecular formula is C10H18F2N4O2S. The molecule has 19 heavy (non-hydrogen) atoms. The molecule has 1 rings (SSSR count). The normalized spacial score (nSPS) is 12.6. The maximum absolute atomic E-state index is 12.3. The number of hydrogen-bond acceptors (Lipinski definition) is 4. The van der Waals surface area contributed by atoms with Crippen LogP contribution in [0, 0.1) is 13.8 Å². The molecule has 0 unspecified atom stereocenters. The SMILES string of the molecule is Cc1nn(CCN)c(C)c1S(=O)(=O)N(C)CC(F)F. The number of alkyl halides is 2. The van der Waals surface area contributed by atoms with Gasteiger partial charge in [0.2, 0.25) is 10.0 Å². The number of aryl methyl sites for hydroxylation is 1. The van der Waals surface area contributed by atoms with Gasteiger partial charge < -0.3 is 5.73 Å². The quantitative estimate of drug-likeness (QED) is 0.821. The number of rotatable bonds is 6. The second-order valence-electron chi connectivity index (χ2n) is 4.19. The van der Waals surface area contributed by atoms with Crippen LogP contribution in [0.1, 0.15) is 11.4 Å². The van der Waals surface area contributed by atoms with E-state index in [2.05, 4.69) is 5.10 Å². The van der Waals surface area contributed by atoms with E-state index in [1.807, 2.05) is 0 Å². The van der Waals surface area contributed by atoms with E-state index in [1.54, 1.807) is 6.92 Å². The molecule has 0 aliphatic carbocycles. The Morgan fingerprint density at radius 2 is 2.00 bits per heavy atom. The van der Waals surface area contributed by atoms with E-state index in [0.29, 0.717) is 23.1 Å². The molecule has 0 atom stereocenters. The zero-order valence-electron chi connectivity index (χ0n) is 11.1. The Hall–Kier alpha value is -1.06. The van der Waals surface area contributed by atoms with Gasteiger partial charge in [0.05, 0.1) is 24.5 Å². The smallest absolute Gasteiger partial charge is 0.252 e. The Morgan fingerprint density at radius 1 is 1.42 bits per heavy atom. The van der Waals surface area contributed by atoms with Crippen LogP contribution in [-0.2, 0) is 16.6 Å². The van der Waals surface area contributed by atoms with Crippen LogP contribution in [0.5, 0.6) is 0 Å². The molecule has 0 bridgehead atoms. The van der Waals surface area contributed by atoms with E-state index in [4.69, 9.17) is 5.73 Å². The summed E-state index contributed by atoms with van der Waals surface area (Å²) in [6, 6.07) is 0. The second kappa shape index (κ2) is 5.93. The van der Waals surface area contributed by atoms with Crippen molar-refractivity contribution in [3.8, 4) is 0 Å². The maximum Gasteiger partial charge on any atom is 0.252 e. The molecule has 0 fully saturated rings. The summed E-state index contributed by atoms with van der Waals surface area (Å²) in [6.07, 6.45) is -2.72. The van der Waals surface area contributed by atoms with Crippen LogP contribution < -0.4 is 5.73 Å². The van der Waals surface area contributed by atoms with Crippen molar-refractivity contribution in [1.82, 2.24) is 14.1 Å². The van der Waals surface area contributed by atoms with Gasteiger partial charge in [0.15, 0.2) is 0 Å². The van der Waals surface area contributed by atoms with Crippen molar-refractivity contribution in [2.75, 3.05) is 20.1 Å². The zero-order valence-corrected chi connectivity index (χ0v) is 11.9. The van der Waals surface area contributed by atoms with E-state index in [1.165, 1.54) is 11.6 Å². The zero-order chi connectivity index (χ0) is 14.8. The Bertz CT molecular complexity index is 542. The van der Waals surface area contributed by atoms with E-state index in [9.17, 15) is 17.2 Å². The van der Waals surface area contributed by atoms with Crippen LogP contribution in [0.15, 0.2) is 4.90 Å². The van der Waals surface area contributed by atoms with Crippen LogP contribution in [-0.4, -0.2) is 49.1 Å². The van der Waals surface area contributed by atoms with Crippen molar-refractivity contribution in [3.05, 3.63) is 11.4 Å². The lowest BCUT2D eigenvalue weighted by molar-refractivity contribution is 0.126. The molecule has 0 saturated heterocycles. The molecule has 0 spiro atoms. The second-order valence-corrected chi connectivity index (χ2v) is 6.17. The summed E-state index contributed by atoms with van der Waals surface area (Å²) < 4.78 is 51.2. The van der Waals surface area contributed by atoms with Gasteiger partial charge in [0.25, 0.3) is 6.43 Å². The van der Waals surface area contributed by atoms with Gasteiger partial charge in [0, 0.05) is 13.6 Å². The molecule has 0 radical (unpaired) electrons. The monoisotopic (exact) mass is 296 g/mol.